The van der Waals surface area contributed by atoms with Gasteiger partial charge in [0.2, 0.25) is 10.0 Å². The van der Waals surface area contributed by atoms with Crippen molar-refractivity contribution >= 4 is 33.1 Å². The summed E-state index contributed by atoms with van der Waals surface area (Å²) in [6.45, 7) is 1.53. The first-order valence-electron chi connectivity index (χ1n) is 12.7. The zero-order valence-corrected chi connectivity index (χ0v) is 22.2. The summed E-state index contributed by atoms with van der Waals surface area (Å²) >= 11 is 0. The average Bonchev–Trinajstić information content (AvgIpc) is 3.24. The molecule has 2 amide bonds. The van der Waals surface area contributed by atoms with E-state index in [0.717, 1.165) is 55.1 Å². The van der Waals surface area contributed by atoms with Crippen LogP contribution in [0.25, 0.3) is 16.7 Å². The normalized spacial score (nSPS) is 16.7. The van der Waals surface area contributed by atoms with E-state index < -0.39 is 15.9 Å². The SMILES string of the molecule is COC(=O)N1CCC(COc2cc(C(=O)NS(C)(=O)=O)nc3c2c(C2CCC2)nn3-c2ccccc2)CC1. The number of rotatable bonds is 7. The molecule has 38 heavy (non-hydrogen) atoms. The third-order valence-electron chi connectivity index (χ3n) is 7.15. The van der Waals surface area contributed by atoms with E-state index in [-0.39, 0.29) is 23.6 Å². The minimum absolute atomic E-state index is 0.0734. The van der Waals surface area contributed by atoms with Crippen molar-refractivity contribution in [2.24, 2.45) is 5.92 Å². The van der Waals surface area contributed by atoms with E-state index in [1.165, 1.54) is 13.2 Å². The van der Waals surface area contributed by atoms with Crippen LogP contribution < -0.4 is 9.46 Å². The number of aromatic nitrogens is 3. The highest BCUT2D eigenvalue weighted by Crippen LogP contribution is 2.42. The number of amides is 2. The molecule has 3 aromatic rings. The van der Waals surface area contributed by atoms with Crippen LogP contribution in [0.2, 0.25) is 0 Å². The molecule has 0 bridgehead atoms. The number of ether oxygens (including phenoxy) is 2. The molecule has 1 N–H and O–H groups in total. The number of carbonyl (C=O) groups excluding carboxylic acids is 2. The summed E-state index contributed by atoms with van der Waals surface area (Å²) in [6, 6.07) is 11.0. The van der Waals surface area contributed by atoms with E-state index >= 15 is 0 Å². The van der Waals surface area contributed by atoms with Crippen LogP contribution in [-0.2, 0) is 14.8 Å². The molecule has 0 atom stereocenters. The Morgan fingerprint density at radius 2 is 1.82 bits per heavy atom. The topological polar surface area (TPSA) is 133 Å². The first kappa shape index (κ1) is 26.0. The van der Waals surface area contributed by atoms with Crippen molar-refractivity contribution in [1.29, 1.82) is 0 Å². The van der Waals surface area contributed by atoms with Crippen molar-refractivity contribution in [2.45, 2.75) is 38.0 Å². The highest BCUT2D eigenvalue weighted by Gasteiger charge is 2.31. The third kappa shape index (κ3) is 5.45. The molecule has 0 radical (unpaired) electrons. The van der Waals surface area contributed by atoms with Crippen LogP contribution in [0.5, 0.6) is 5.75 Å². The van der Waals surface area contributed by atoms with Crippen LogP contribution in [0.15, 0.2) is 36.4 Å². The molecule has 1 saturated heterocycles. The van der Waals surface area contributed by atoms with Crippen LogP contribution in [0.3, 0.4) is 0 Å². The van der Waals surface area contributed by atoms with Gasteiger partial charge >= 0.3 is 6.09 Å². The van der Waals surface area contributed by atoms with Gasteiger partial charge in [0, 0.05) is 25.1 Å². The lowest BCUT2D eigenvalue weighted by Crippen LogP contribution is -2.39. The fraction of sp³-hybridized carbons (Fsp3) is 0.462. The second kappa shape index (κ2) is 10.6. The van der Waals surface area contributed by atoms with Crippen LogP contribution >= 0.6 is 0 Å². The van der Waals surface area contributed by atoms with Crippen molar-refractivity contribution in [2.75, 3.05) is 33.1 Å². The molecule has 2 aromatic heterocycles. The van der Waals surface area contributed by atoms with Gasteiger partial charge in [0.1, 0.15) is 11.4 Å². The van der Waals surface area contributed by atoms with Gasteiger partial charge in [0.15, 0.2) is 5.65 Å². The molecule has 0 unspecified atom stereocenters. The smallest absolute Gasteiger partial charge is 0.409 e. The molecule has 11 nitrogen and oxygen atoms in total. The predicted molar refractivity (Wildman–Crippen MR) is 140 cm³/mol. The van der Waals surface area contributed by atoms with Gasteiger partial charge in [-0.05, 0) is 43.7 Å². The Labute approximate surface area is 221 Å². The standard InChI is InChI=1S/C26H31N5O6S/c1-36-26(33)30-13-11-17(12-14-30)16-37-21-15-20(25(32)29-38(2,34)35)27-24-22(21)23(18-7-6-8-18)28-31(24)19-9-4-3-5-10-19/h3-5,9-10,15,17-18H,6-8,11-14,16H2,1-2H3,(H,29,32). The number of likely N-dealkylation sites (tertiary alicyclic amines) is 1. The predicted octanol–water partition coefficient (Wildman–Crippen LogP) is 3.23. The Hall–Kier alpha value is -3.67. The summed E-state index contributed by atoms with van der Waals surface area (Å²) in [5, 5.41) is 5.65. The maximum absolute atomic E-state index is 12.9. The van der Waals surface area contributed by atoms with Crippen molar-refractivity contribution in [3.05, 3.63) is 47.8 Å². The minimum atomic E-state index is -3.79. The number of benzene rings is 1. The number of methoxy groups -OCH3 is 1. The number of hydrogen-bond acceptors (Lipinski definition) is 8. The summed E-state index contributed by atoms with van der Waals surface area (Å²) in [5.74, 6) is 0.0686. The van der Waals surface area contributed by atoms with E-state index in [2.05, 4.69) is 4.98 Å². The fourth-order valence-corrected chi connectivity index (χ4v) is 5.34. The van der Waals surface area contributed by atoms with E-state index in [9.17, 15) is 18.0 Å². The van der Waals surface area contributed by atoms with Gasteiger partial charge in [-0.15, -0.1) is 0 Å². The monoisotopic (exact) mass is 541 g/mol. The maximum Gasteiger partial charge on any atom is 0.409 e. The van der Waals surface area contributed by atoms with Gasteiger partial charge in [-0.1, -0.05) is 24.6 Å². The first-order valence-corrected chi connectivity index (χ1v) is 14.6. The number of sulfonamides is 1. The zero-order chi connectivity index (χ0) is 26.9. The number of hydrogen-bond donors (Lipinski definition) is 1. The molecule has 2 aliphatic rings. The van der Waals surface area contributed by atoms with Gasteiger partial charge in [0.25, 0.3) is 5.91 Å². The lowest BCUT2D eigenvalue weighted by Gasteiger charge is -2.30. The second-order valence-electron chi connectivity index (χ2n) is 9.88. The summed E-state index contributed by atoms with van der Waals surface area (Å²) < 4.78 is 38.4. The number of para-hydroxylation sites is 1. The molecular weight excluding hydrogens is 510 g/mol. The van der Waals surface area contributed by atoms with Crippen molar-refractivity contribution < 1.29 is 27.5 Å². The molecule has 5 rings (SSSR count). The van der Waals surface area contributed by atoms with Gasteiger partial charge in [0.05, 0.1) is 36.7 Å². The van der Waals surface area contributed by atoms with E-state index in [1.807, 2.05) is 35.1 Å². The number of pyridine rings is 1. The van der Waals surface area contributed by atoms with Crippen LogP contribution in [0, 0.1) is 5.92 Å². The number of fused-ring (bicyclic) bond motifs is 1. The summed E-state index contributed by atoms with van der Waals surface area (Å²) in [6.07, 6.45) is 5.21. The number of nitrogens with one attached hydrogen (secondary N) is 1. The molecule has 1 aromatic carbocycles. The van der Waals surface area contributed by atoms with Gasteiger partial charge in [-0.2, -0.15) is 5.10 Å². The lowest BCUT2D eigenvalue weighted by atomic mass is 9.82. The molecule has 12 heteroatoms. The molecule has 1 saturated carbocycles. The van der Waals surface area contributed by atoms with Crippen LogP contribution in [0.1, 0.15) is 54.2 Å². The Morgan fingerprint density at radius 3 is 2.42 bits per heavy atom. The van der Waals surface area contributed by atoms with Gasteiger partial charge in [-0.3, -0.25) is 4.79 Å². The Morgan fingerprint density at radius 1 is 1.11 bits per heavy atom. The number of nitrogens with zero attached hydrogens (tertiary/aromatic N) is 4. The lowest BCUT2D eigenvalue weighted by molar-refractivity contribution is 0.0966. The van der Waals surface area contributed by atoms with Crippen molar-refractivity contribution in [3.8, 4) is 11.4 Å². The molecule has 1 aliphatic heterocycles. The molecule has 2 fully saturated rings. The number of carbonyl (C=O) groups is 2. The van der Waals surface area contributed by atoms with Gasteiger partial charge < -0.3 is 14.4 Å². The molecular formula is C26H31N5O6S. The Balaban J connectivity index is 1.53. The van der Waals surface area contributed by atoms with Crippen molar-refractivity contribution in [3.63, 3.8) is 0 Å². The quantitative estimate of drug-likeness (QED) is 0.482. The van der Waals surface area contributed by atoms with Crippen molar-refractivity contribution in [1.82, 2.24) is 24.4 Å². The molecule has 3 heterocycles. The average molecular weight is 542 g/mol. The number of piperidine rings is 1. The van der Waals surface area contributed by atoms with E-state index in [4.69, 9.17) is 14.6 Å². The Kier molecular flexibility index (Phi) is 7.24. The highest BCUT2D eigenvalue weighted by molar-refractivity contribution is 7.89. The summed E-state index contributed by atoms with van der Waals surface area (Å²) in [7, 11) is -2.42. The largest absolute Gasteiger partial charge is 0.492 e. The van der Waals surface area contributed by atoms with Crippen LogP contribution in [0.4, 0.5) is 4.79 Å². The molecule has 202 valence electrons. The van der Waals surface area contributed by atoms with E-state index in [0.29, 0.717) is 31.1 Å². The second-order valence-corrected chi connectivity index (χ2v) is 11.6. The van der Waals surface area contributed by atoms with Gasteiger partial charge in [-0.25, -0.2) is 27.6 Å². The fourth-order valence-electron chi connectivity index (χ4n) is 4.89. The minimum Gasteiger partial charge on any atom is -0.492 e. The third-order valence-corrected chi connectivity index (χ3v) is 7.71. The molecule has 0 spiro atoms. The first-order chi connectivity index (χ1) is 18.2. The molecule has 1 aliphatic carbocycles. The Bertz CT molecular complexity index is 1440. The summed E-state index contributed by atoms with van der Waals surface area (Å²) in [4.78, 5) is 30.9. The van der Waals surface area contributed by atoms with E-state index in [1.54, 1.807) is 9.58 Å². The summed E-state index contributed by atoms with van der Waals surface area (Å²) in [5.41, 5.74) is 2.01. The highest BCUT2D eigenvalue weighted by atomic mass is 32.2. The zero-order valence-electron chi connectivity index (χ0n) is 21.4. The van der Waals surface area contributed by atoms with Crippen LogP contribution in [-0.4, -0.2) is 73.1 Å². The maximum atomic E-state index is 12.9.